The molecule has 18 heavy (non-hydrogen) atoms. The quantitative estimate of drug-likeness (QED) is 0.640. The molecule has 1 amide bonds. The van der Waals surface area contributed by atoms with E-state index in [-0.39, 0.29) is 11.6 Å². The molecule has 0 aliphatic heterocycles. The Labute approximate surface area is 132 Å². The molecule has 0 aliphatic rings. The highest BCUT2D eigenvalue weighted by Crippen LogP contribution is 2.32. The summed E-state index contributed by atoms with van der Waals surface area (Å²) in [5.74, 6) is -0.840. The summed E-state index contributed by atoms with van der Waals surface area (Å²) in [6.07, 6.45) is 0. The summed E-state index contributed by atoms with van der Waals surface area (Å²) in [6.45, 7) is 0. The van der Waals surface area contributed by atoms with Crippen molar-refractivity contribution in [2.75, 3.05) is 5.32 Å². The van der Waals surface area contributed by atoms with Crippen molar-refractivity contribution in [1.29, 1.82) is 0 Å². The van der Waals surface area contributed by atoms with Crippen molar-refractivity contribution in [3.05, 3.63) is 47.7 Å². The first-order valence-corrected chi connectivity index (χ1v) is 7.88. The molecule has 1 heterocycles. The molecule has 0 saturated heterocycles. The van der Waals surface area contributed by atoms with Gasteiger partial charge in [0, 0.05) is 4.47 Å². The molecule has 2 rings (SSSR count). The van der Waals surface area contributed by atoms with Crippen LogP contribution in [0.2, 0.25) is 0 Å². The molecule has 1 N–H and O–H groups in total. The maximum atomic E-state index is 13.6. The van der Waals surface area contributed by atoms with Gasteiger partial charge in [-0.2, -0.15) is 0 Å². The number of halogens is 4. The zero-order chi connectivity index (χ0) is 13.3. The number of hydrogen-bond acceptors (Lipinski definition) is 2. The number of amides is 1. The minimum absolute atomic E-state index is 0.150. The molecular formula is C11H5Br3FNOS. The Morgan fingerprint density at radius 2 is 1.94 bits per heavy atom. The molecular weight excluding hydrogens is 453 g/mol. The van der Waals surface area contributed by atoms with Gasteiger partial charge in [0.15, 0.2) is 0 Å². The van der Waals surface area contributed by atoms with E-state index in [1.54, 1.807) is 12.1 Å². The van der Waals surface area contributed by atoms with Crippen molar-refractivity contribution in [3.63, 3.8) is 0 Å². The van der Waals surface area contributed by atoms with Gasteiger partial charge < -0.3 is 5.32 Å². The number of rotatable bonds is 2. The molecule has 0 radical (unpaired) electrons. The fraction of sp³-hybridized carbons (Fsp3) is 0. The van der Waals surface area contributed by atoms with Gasteiger partial charge >= 0.3 is 0 Å². The van der Waals surface area contributed by atoms with E-state index in [4.69, 9.17) is 0 Å². The van der Waals surface area contributed by atoms with Gasteiger partial charge in [0.1, 0.15) is 5.82 Å². The van der Waals surface area contributed by atoms with Crippen molar-refractivity contribution in [3.8, 4) is 0 Å². The van der Waals surface area contributed by atoms with Crippen molar-refractivity contribution in [2.24, 2.45) is 0 Å². The standard InChI is InChI=1S/C11H5Br3FNOS/c12-5-1-2-8(7(15)3-5)16-11(17)6-4-9(13)18-10(6)14/h1-4H,(H,16,17). The number of carbonyl (C=O) groups excluding carboxylic acids is 1. The van der Waals surface area contributed by atoms with Crippen molar-refractivity contribution in [2.45, 2.75) is 0 Å². The molecule has 0 atom stereocenters. The van der Waals surface area contributed by atoms with Crippen molar-refractivity contribution in [1.82, 2.24) is 0 Å². The van der Waals surface area contributed by atoms with Gasteiger partial charge in [-0.3, -0.25) is 4.79 Å². The number of anilines is 1. The van der Waals surface area contributed by atoms with Crippen molar-refractivity contribution >= 4 is 70.7 Å². The van der Waals surface area contributed by atoms with Crippen molar-refractivity contribution < 1.29 is 9.18 Å². The molecule has 0 saturated carbocycles. The molecule has 0 bridgehead atoms. The van der Waals surface area contributed by atoms with Crippen LogP contribution in [0.25, 0.3) is 0 Å². The summed E-state index contributed by atoms with van der Waals surface area (Å²) in [4.78, 5) is 12.0. The molecule has 1 aromatic carbocycles. The smallest absolute Gasteiger partial charge is 0.257 e. The van der Waals surface area contributed by atoms with E-state index in [2.05, 4.69) is 53.1 Å². The Kier molecular flexibility index (Phi) is 4.58. The van der Waals surface area contributed by atoms with E-state index < -0.39 is 5.82 Å². The van der Waals surface area contributed by atoms with E-state index in [9.17, 15) is 9.18 Å². The molecule has 2 aromatic rings. The van der Waals surface area contributed by atoms with Crippen LogP contribution in [0.5, 0.6) is 0 Å². The SMILES string of the molecule is O=C(Nc1ccc(Br)cc1F)c1cc(Br)sc1Br. The average molecular weight is 458 g/mol. The second-order valence-corrected chi connectivity index (χ2v) is 7.98. The van der Waals surface area contributed by atoms with Crippen LogP contribution in [-0.4, -0.2) is 5.91 Å². The van der Waals surface area contributed by atoms with Gasteiger partial charge in [-0.05, 0) is 56.1 Å². The monoisotopic (exact) mass is 455 g/mol. The minimum Gasteiger partial charge on any atom is -0.319 e. The Hall–Kier alpha value is -0.240. The van der Waals surface area contributed by atoms with Crippen LogP contribution in [0.3, 0.4) is 0 Å². The Morgan fingerprint density at radius 3 is 2.50 bits per heavy atom. The maximum Gasteiger partial charge on any atom is 0.257 e. The third kappa shape index (κ3) is 3.20. The van der Waals surface area contributed by atoms with Crippen LogP contribution in [0, 0.1) is 5.82 Å². The average Bonchev–Trinajstić information content (AvgIpc) is 2.62. The summed E-state index contributed by atoms with van der Waals surface area (Å²) in [5.41, 5.74) is 0.617. The number of hydrogen-bond donors (Lipinski definition) is 1. The van der Waals surface area contributed by atoms with Gasteiger partial charge in [0.2, 0.25) is 0 Å². The first kappa shape index (κ1) is 14.2. The molecule has 0 fully saturated rings. The number of carbonyl (C=O) groups is 1. The predicted molar refractivity (Wildman–Crippen MR) is 81.8 cm³/mol. The van der Waals surface area contributed by atoms with Crippen LogP contribution < -0.4 is 5.32 Å². The zero-order valence-electron chi connectivity index (χ0n) is 8.64. The highest BCUT2D eigenvalue weighted by atomic mass is 79.9. The molecule has 2 nitrogen and oxygen atoms in total. The third-order valence-electron chi connectivity index (χ3n) is 2.08. The topological polar surface area (TPSA) is 29.1 Å². The Bertz CT molecular complexity index is 614. The lowest BCUT2D eigenvalue weighted by molar-refractivity contribution is 0.102. The summed E-state index contributed by atoms with van der Waals surface area (Å²) in [6, 6.07) is 6.15. The zero-order valence-corrected chi connectivity index (χ0v) is 14.2. The molecule has 1 aromatic heterocycles. The van der Waals surface area contributed by atoms with Gasteiger partial charge in [0.05, 0.1) is 18.8 Å². The second-order valence-electron chi connectivity index (χ2n) is 3.32. The second kappa shape index (κ2) is 5.81. The van der Waals surface area contributed by atoms with E-state index >= 15 is 0 Å². The number of benzene rings is 1. The first-order chi connectivity index (χ1) is 8.47. The molecule has 7 heteroatoms. The van der Waals surface area contributed by atoms with Gasteiger partial charge in [-0.25, -0.2) is 4.39 Å². The number of thiophene rings is 1. The normalized spacial score (nSPS) is 10.4. The summed E-state index contributed by atoms with van der Waals surface area (Å²) in [7, 11) is 0. The van der Waals surface area contributed by atoms with Crippen LogP contribution in [0.15, 0.2) is 36.3 Å². The Morgan fingerprint density at radius 1 is 1.22 bits per heavy atom. The van der Waals surface area contributed by atoms with Crippen LogP contribution >= 0.6 is 59.1 Å². The Balaban J connectivity index is 2.24. The third-order valence-corrected chi connectivity index (χ3v) is 4.91. The molecule has 0 aliphatic carbocycles. The van der Waals surface area contributed by atoms with Crippen LogP contribution in [0.1, 0.15) is 10.4 Å². The van der Waals surface area contributed by atoms with Crippen LogP contribution in [-0.2, 0) is 0 Å². The lowest BCUT2D eigenvalue weighted by Crippen LogP contribution is -2.12. The van der Waals surface area contributed by atoms with E-state index in [1.165, 1.54) is 23.5 Å². The van der Waals surface area contributed by atoms with Crippen LogP contribution in [0.4, 0.5) is 10.1 Å². The minimum atomic E-state index is -0.483. The van der Waals surface area contributed by atoms with E-state index in [0.29, 0.717) is 13.8 Å². The summed E-state index contributed by atoms with van der Waals surface area (Å²) < 4.78 is 15.7. The maximum absolute atomic E-state index is 13.6. The lowest BCUT2D eigenvalue weighted by atomic mass is 10.2. The molecule has 0 unspecified atom stereocenters. The van der Waals surface area contributed by atoms with Gasteiger partial charge in [-0.1, -0.05) is 15.9 Å². The highest BCUT2D eigenvalue weighted by molar-refractivity contribution is 9.12. The molecule has 94 valence electrons. The van der Waals surface area contributed by atoms with Gasteiger partial charge in [0.25, 0.3) is 5.91 Å². The summed E-state index contributed by atoms with van der Waals surface area (Å²) in [5, 5.41) is 2.53. The van der Waals surface area contributed by atoms with E-state index in [1.807, 2.05) is 0 Å². The fourth-order valence-corrected chi connectivity index (χ4v) is 4.40. The molecule has 0 spiro atoms. The van der Waals surface area contributed by atoms with Gasteiger partial charge in [-0.15, -0.1) is 11.3 Å². The highest BCUT2D eigenvalue weighted by Gasteiger charge is 2.15. The largest absolute Gasteiger partial charge is 0.319 e. The lowest BCUT2D eigenvalue weighted by Gasteiger charge is -2.05. The number of nitrogens with one attached hydrogen (secondary N) is 1. The predicted octanol–water partition coefficient (Wildman–Crippen LogP) is 5.43. The first-order valence-electron chi connectivity index (χ1n) is 4.68. The summed E-state index contributed by atoms with van der Waals surface area (Å²) >= 11 is 11.1. The fourth-order valence-electron chi connectivity index (χ4n) is 1.28. The van der Waals surface area contributed by atoms with E-state index in [0.717, 1.165) is 3.79 Å².